The van der Waals surface area contributed by atoms with Gasteiger partial charge in [-0.05, 0) is 12.6 Å². The van der Waals surface area contributed by atoms with Gasteiger partial charge in [-0.2, -0.15) is 5.10 Å². The molecule has 0 saturated heterocycles. The van der Waals surface area contributed by atoms with E-state index in [0.717, 1.165) is 6.07 Å². The summed E-state index contributed by atoms with van der Waals surface area (Å²) in [5.41, 5.74) is 0.882. The van der Waals surface area contributed by atoms with E-state index in [2.05, 4.69) is 10.4 Å². The van der Waals surface area contributed by atoms with E-state index in [1.165, 1.54) is 13.2 Å². The van der Waals surface area contributed by atoms with Crippen LogP contribution in [0.5, 0.6) is 5.75 Å². The van der Waals surface area contributed by atoms with Gasteiger partial charge in [0.1, 0.15) is 5.69 Å². The van der Waals surface area contributed by atoms with Crippen LogP contribution in [0.3, 0.4) is 0 Å². The van der Waals surface area contributed by atoms with Gasteiger partial charge in [-0.3, -0.25) is 4.68 Å². The van der Waals surface area contributed by atoms with Crippen LogP contribution in [0.15, 0.2) is 24.4 Å². The van der Waals surface area contributed by atoms with Gasteiger partial charge in [0.2, 0.25) is 0 Å². The zero-order valence-corrected chi connectivity index (χ0v) is 11.7. The molecule has 1 aromatic carbocycles. The zero-order valence-electron chi connectivity index (χ0n) is 11.7. The molecule has 0 spiro atoms. The van der Waals surface area contributed by atoms with Gasteiger partial charge in [0.05, 0.1) is 19.3 Å². The maximum atomic E-state index is 14.0. The number of methoxy groups -OCH3 is 1. The molecule has 1 N–H and O–H groups in total. The highest BCUT2D eigenvalue weighted by Gasteiger charge is 2.25. The molecule has 0 fully saturated rings. The van der Waals surface area contributed by atoms with E-state index < -0.39 is 17.7 Å². The van der Waals surface area contributed by atoms with Crippen LogP contribution in [0.2, 0.25) is 0 Å². The van der Waals surface area contributed by atoms with Crippen LogP contribution < -0.4 is 10.1 Å². The van der Waals surface area contributed by atoms with Crippen molar-refractivity contribution in [2.24, 2.45) is 7.05 Å². The van der Waals surface area contributed by atoms with Crippen LogP contribution in [0.4, 0.5) is 8.78 Å². The van der Waals surface area contributed by atoms with Gasteiger partial charge in [-0.25, -0.2) is 8.78 Å². The van der Waals surface area contributed by atoms with Crippen molar-refractivity contribution < 1.29 is 13.5 Å². The van der Waals surface area contributed by atoms with E-state index in [1.54, 1.807) is 24.0 Å². The van der Waals surface area contributed by atoms with Crippen molar-refractivity contribution in [3.63, 3.8) is 0 Å². The maximum absolute atomic E-state index is 14.0. The van der Waals surface area contributed by atoms with Gasteiger partial charge in [-0.15, -0.1) is 0 Å². The normalized spacial score (nSPS) is 12.4. The summed E-state index contributed by atoms with van der Waals surface area (Å²) in [6.07, 6.45) is 1.55. The Hall–Kier alpha value is -1.95. The molecule has 2 aromatic rings. The Morgan fingerprint density at radius 3 is 2.80 bits per heavy atom. The van der Waals surface area contributed by atoms with Gasteiger partial charge >= 0.3 is 0 Å². The number of hydrogen-bond donors (Lipinski definition) is 1. The quantitative estimate of drug-likeness (QED) is 0.914. The van der Waals surface area contributed by atoms with E-state index in [4.69, 9.17) is 4.74 Å². The predicted octanol–water partition coefficient (Wildman–Crippen LogP) is 2.41. The largest absolute Gasteiger partial charge is 0.493 e. The molecule has 1 aromatic heterocycles. The fraction of sp³-hybridized carbons (Fsp3) is 0.357. The number of rotatable bonds is 5. The van der Waals surface area contributed by atoms with E-state index >= 15 is 0 Å². The van der Waals surface area contributed by atoms with Crippen LogP contribution in [0.25, 0.3) is 0 Å². The molecule has 4 nitrogen and oxygen atoms in total. The Morgan fingerprint density at radius 1 is 1.40 bits per heavy atom. The summed E-state index contributed by atoms with van der Waals surface area (Å²) < 4.78 is 34.3. The third-order valence-electron chi connectivity index (χ3n) is 3.14. The van der Waals surface area contributed by atoms with E-state index in [-0.39, 0.29) is 5.56 Å². The van der Waals surface area contributed by atoms with Crippen molar-refractivity contribution in [2.75, 3.05) is 13.7 Å². The molecule has 0 saturated carbocycles. The van der Waals surface area contributed by atoms with Crippen LogP contribution in [0.1, 0.15) is 24.2 Å². The van der Waals surface area contributed by atoms with Crippen LogP contribution >= 0.6 is 0 Å². The predicted molar refractivity (Wildman–Crippen MR) is 71.6 cm³/mol. The molecule has 108 valence electrons. The average molecular weight is 281 g/mol. The molecule has 0 bridgehead atoms. The third-order valence-corrected chi connectivity index (χ3v) is 3.14. The minimum atomic E-state index is -0.869. The highest BCUT2D eigenvalue weighted by atomic mass is 19.2. The minimum Gasteiger partial charge on any atom is -0.493 e. The van der Waals surface area contributed by atoms with Crippen LogP contribution in [-0.2, 0) is 7.05 Å². The first-order chi connectivity index (χ1) is 9.60. The molecular weight excluding hydrogens is 264 g/mol. The molecule has 0 amide bonds. The lowest BCUT2D eigenvalue weighted by molar-refractivity contribution is 0.398. The number of aryl methyl sites for hydroxylation is 1. The van der Waals surface area contributed by atoms with Gasteiger partial charge in [0, 0.05) is 12.6 Å². The van der Waals surface area contributed by atoms with Crippen molar-refractivity contribution >= 4 is 0 Å². The maximum Gasteiger partial charge on any atom is 0.163 e. The first-order valence-corrected chi connectivity index (χ1v) is 6.33. The van der Waals surface area contributed by atoms with Crippen molar-refractivity contribution in [1.29, 1.82) is 0 Å². The van der Waals surface area contributed by atoms with Gasteiger partial charge < -0.3 is 10.1 Å². The topological polar surface area (TPSA) is 39.1 Å². The second-order valence-electron chi connectivity index (χ2n) is 4.36. The molecule has 2 rings (SSSR count). The summed E-state index contributed by atoms with van der Waals surface area (Å²) in [5.74, 6) is -1.20. The van der Waals surface area contributed by atoms with E-state index in [1.807, 2.05) is 6.92 Å². The van der Waals surface area contributed by atoms with Crippen molar-refractivity contribution in [1.82, 2.24) is 15.1 Å². The van der Waals surface area contributed by atoms with Crippen LogP contribution in [0, 0.1) is 11.6 Å². The number of nitrogens with zero attached hydrogens (tertiary/aromatic N) is 2. The number of benzene rings is 1. The monoisotopic (exact) mass is 281 g/mol. The SMILES string of the molecule is CCNC(c1cccc(F)c1F)c1c(OC)cnn1C. The lowest BCUT2D eigenvalue weighted by atomic mass is 10.0. The Labute approximate surface area is 116 Å². The lowest BCUT2D eigenvalue weighted by Gasteiger charge is -2.20. The fourth-order valence-corrected chi connectivity index (χ4v) is 2.21. The van der Waals surface area contributed by atoms with E-state index in [0.29, 0.717) is 18.0 Å². The van der Waals surface area contributed by atoms with Crippen molar-refractivity contribution in [2.45, 2.75) is 13.0 Å². The molecule has 20 heavy (non-hydrogen) atoms. The number of halogens is 2. The van der Waals surface area contributed by atoms with Crippen LogP contribution in [-0.4, -0.2) is 23.4 Å². The smallest absolute Gasteiger partial charge is 0.163 e. The Kier molecular flexibility index (Phi) is 4.34. The zero-order chi connectivity index (χ0) is 14.7. The molecule has 1 unspecified atom stereocenters. The Balaban J connectivity index is 2.56. The third kappa shape index (κ3) is 2.51. The number of ether oxygens (including phenoxy) is 1. The lowest BCUT2D eigenvalue weighted by Crippen LogP contribution is -2.26. The number of aromatic nitrogens is 2. The average Bonchev–Trinajstić information content (AvgIpc) is 2.81. The number of hydrogen-bond acceptors (Lipinski definition) is 3. The van der Waals surface area contributed by atoms with Gasteiger partial charge in [0.25, 0.3) is 0 Å². The standard InChI is InChI=1S/C14H17F2N3O/c1-4-17-13(9-6-5-7-10(15)12(9)16)14-11(20-3)8-18-19(14)2/h5-8,13,17H,4H2,1-3H3. The second-order valence-corrected chi connectivity index (χ2v) is 4.36. The minimum absolute atomic E-state index is 0.230. The van der Waals surface area contributed by atoms with Gasteiger partial charge in [-0.1, -0.05) is 19.1 Å². The molecule has 0 radical (unpaired) electrons. The van der Waals surface area contributed by atoms with Crippen molar-refractivity contribution in [3.05, 3.63) is 47.3 Å². The molecule has 1 atom stereocenters. The number of nitrogens with one attached hydrogen (secondary N) is 1. The summed E-state index contributed by atoms with van der Waals surface area (Å²) in [7, 11) is 3.25. The Morgan fingerprint density at radius 2 is 2.15 bits per heavy atom. The molecule has 1 heterocycles. The first-order valence-electron chi connectivity index (χ1n) is 6.33. The summed E-state index contributed by atoms with van der Waals surface area (Å²) >= 11 is 0. The Bertz CT molecular complexity index is 598. The highest BCUT2D eigenvalue weighted by molar-refractivity contribution is 5.37. The molecule has 0 aliphatic carbocycles. The first kappa shape index (κ1) is 14.5. The molecular formula is C14H17F2N3O. The highest BCUT2D eigenvalue weighted by Crippen LogP contribution is 2.31. The second kappa shape index (κ2) is 6.00. The fourth-order valence-electron chi connectivity index (χ4n) is 2.21. The summed E-state index contributed by atoms with van der Waals surface area (Å²) in [6, 6.07) is 3.61. The van der Waals surface area contributed by atoms with E-state index in [9.17, 15) is 8.78 Å². The summed E-state index contributed by atoms with van der Waals surface area (Å²) in [4.78, 5) is 0. The van der Waals surface area contributed by atoms with Crippen molar-refractivity contribution in [3.8, 4) is 5.75 Å². The molecule has 6 heteroatoms. The molecule has 0 aliphatic heterocycles. The molecule has 0 aliphatic rings. The summed E-state index contributed by atoms with van der Waals surface area (Å²) in [6.45, 7) is 2.49. The van der Waals surface area contributed by atoms with Gasteiger partial charge in [0.15, 0.2) is 17.4 Å². The summed E-state index contributed by atoms with van der Waals surface area (Å²) in [5, 5.41) is 7.24.